The zero-order chi connectivity index (χ0) is 27.1. The lowest BCUT2D eigenvalue weighted by Crippen LogP contribution is -2.30. The molecule has 0 bridgehead atoms. The van der Waals surface area contributed by atoms with E-state index >= 15 is 0 Å². The Bertz CT molecular complexity index is 1260. The number of hydrogen-bond donors (Lipinski definition) is 1. The quantitative estimate of drug-likeness (QED) is 0.266. The van der Waals surface area contributed by atoms with Crippen molar-refractivity contribution in [1.29, 1.82) is 0 Å². The summed E-state index contributed by atoms with van der Waals surface area (Å²) in [6.45, 7) is 9.10. The van der Waals surface area contributed by atoms with Crippen LogP contribution in [0, 0.1) is 11.7 Å². The number of rotatable bonds is 11. The van der Waals surface area contributed by atoms with Crippen LogP contribution in [0.4, 0.5) is 4.39 Å². The molecule has 37 heavy (non-hydrogen) atoms. The standard InChI is InChI=1S/C29H33FN2O5/c1-6-32(18(2)3)17-22-14-21(10-11-24(22)25-15-27(36-5)31-16-26(25)30)29(35)37-23-9-7-8-20(13-23)12-19(4)28(33)34/h7-11,13-16,18-19H,6,12,17H2,1-5H3,(H,33,34). The summed E-state index contributed by atoms with van der Waals surface area (Å²) < 4.78 is 25.6. The fourth-order valence-corrected chi connectivity index (χ4v) is 4.07. The minimum Gasteiger partial charge on any atom is -0.481 e. The second-order valence-corrected chi connectivity index (χ2v) is 9.22. The highest BCUT2D eigenvalue weighted by Gasteiger charge is 2.19. The molecular formula is C29H33FN2O5. The van der Waals surface area contributed by atoms with E-state index in [0.717, 1.165) is 23.9 Å². The van der Waals surface area contributed by atoms with Gasteiger partial charge in [-0.3, -0.25) is 9.69 Å². The van der Waals surface area contributed by atoms with Gasteiger partial charge in [0.05, 0.1) is 24.8 Å². The van der Waals surface area contributed by atoms with Crippen LogP contribution >= 0.6 is 0 Å². The summed E-state index contributed by atoms with van der Waals surface area (Å²) >= 11 is 0. The molecule has 0 amide bonds. The summed E-state index contributed by atoms with van der Waals surface area (Å²) in [4.78, 5) is 30.4. The molecular weight excluding hydrogens is 475 g/mol. The van der Waals surface area contributed by atoms with Crippen molar-refractivity contribution in [2.75, 3.05) is 13.7 Å². The van der Waals surface area contributed by atoms with E-state index in [1.165, 1.54) is 7.11 Å². The number of hydrogen-bond acceptors (Lipinski definition) is 6. The van der Waals surface area contributed by atoms with Gasteiger partial charge in [0.25, 0.3) is 0 Å². The van der Waals surface area contributed by atoms with Crippen molar-refractivity contribution < 1.29 is 28.6 Å². The number of carboxylic acid groups (broad SMARTS) is 1. The van der Waals surface area contributed by atoms with E-state index in [1.807, 2.05) is 6.92 Å². The van der Waals surface area contributed by atoms with Crippen molar-refractivity contribution in [3.8, 4) is 22.8 Å². The number of halogens is 1. The smallest absolute Gasteiger partial charge is 0.343 e. The molecule has 0 aliphatic heterocycles. The number of carboxylic acids is 1. The lowest BCUT2D eigenvalue weighted by molar-refractivity contribution is -0.141. The number of ether oxygens (including phenoxy) is 2. The Hall–Kier alpha value is -3.78. The summed E-state index contributed by atoms with van der Waals surface area (Å²) in [6, 6.07) is 13.7. The fourth-order valence-electron chi connectivity index (χ4n) is 4.07. The Kier molecular flexibility index (Phi) is 9.36. The molecule has 2 aromatic carbocycles. The molecule has 196 valence electrons. The van der Waals surface area contributed by atoms with Crippen LogP contribution in [0.5, 0.6) is 11.6 Å². The van der Waals surface area contributed by atoms with Gasteiger partial charge in [0.15, 0.2) is 0 Å². The Morgan fingerprint density at radius 2 is 1.84 bits per heavy atom. The van der Waals surface area contributed by atoms with Gasteiger partial charge in [-0.25, -0.2) is 14.2 Å². The average Bonchev–Trinajstić information content (AvgIpc) is 2.87. The predicted molar refractivity (Wildman–Crippen MR) is 139 cm³/mol. The molecule has 3 aromatic rings. The maximum atomic E-state index is 14.8. The van der Waals surface area contributed by atoms with Crippen LogP contribution in [-0.4, -0.2) is 46.6 Å². The van der Waals surface area contributed by atoms with Crippen LogP contribution in [0.2, 0.25) is 0 Å². The molecule has 1 heterocycles. The minimum atomic E-state index is -0.888. The normalized spacial score (nSPS) is 12.0. The minimum absolute atomic E-state index is 0.237. The van der Waals surface area contributed by atoms with Crippen molar-refractivity contribution in [3.63, 3.8) is 0 Å². The number of nitrogens with zero attached hydrogens (tertiary/aromatic N) is 2. The molecule has 1 atom stereocenters. The van der Waals surface area contributed by atoms with Gasteiger partial charge in [-0.2, -0.15) is 0 Å². The largest absolute Gasteiger partial charge is 0.481 e. The summed E-state index contributed by atoms with van der Waals surface area (Å²) in [7, 11) is 1.47. The first kappa shape index (κ1) is 27.8. The molecule has 0 aliphatic carbocycles. The first-order valence-electron chi connectivity index (χ1n) is 12.2. The highest BCUT2D eigenvalue weighted by Crippen LogP contribution is 2.31. The first-order valence-corrected chi connectivity index (χ1v) is 12.2. The molecule has 0 spiro atoms. The monoisotopic (exact) mass is 508 g/mol. The Morgan fingerprint density at radius 3 is 2.49 bits per heavy atom. The van der Waals surface area contributed by atoms with Gasteiger partial charge < -0.3 is 14.6 Å². The third-order valence-electron chi connectivity index (χ3n) is 6.25. The van der Waals surface area contributed by atoms with Crippen LogP contribution < -0.4 is 9.47 Å². The molecule has 3 rings (SSSR count). The Morgan fingerprint density at radius 1 is 1.08 bits per heavy atom. The van der Waals surface area contributed by atoms with Gasteiger partial charge in [-0.05, 0) is 67.8 Å². The zero-order valence-corrected chi connectivity index (χ0v) is 21.8. The number of aliphatic carboxylic acids is 1. The lowest BCUT2D eigenvalue weighted by Gasteiger charge is -2.26. The topological polar surface area (TPSA) is 89.0 Å². The SMILES string of the molecule is CCN(Cc1cc(C(=O)Oc2cccc(CC(C)C(=O)O)c2)ccc1-c1cc(OC)ncc1F)C(C)C. The highest BCUT2D eigenvalue weighted by atomic mass is 19.1. The van der Waals surface area contributed by atoms with E-state index in [9.17, 15) is 19.1 Å². The van der Waals surface area contributed by atoms with E-state index in [2.05, 4.69) is 23.7 Å². The van der Waals surface area contributed by atoms with Crippen molar-refractivity contribution in [1.82, 2.24) is 9.88 Å². The number of methoxy groups -OCH3 is 1. The van der Waals surface area contributed by atoms with Gasteiger partial charge in [0.1, 0.15) is 11.6 Å². The Balaban J connectivity index is 1.95. The molecule has 0 saturated heterocycles. The van der Waals surface area contributed by atoms with E-state index < -0.39 is 23.7 Å². The van der Waals surface area contributed by atoms with E-state index in [1.54, 1.807) is 55.5 Å². The van der Waals surface area contributed by atoms with Gasteiger partial charge >= 0.3 is 11.9 Å². The molecule has 1 N–H and O–H groups in total. The fraction of sp³-hybridized carbons (Fsp3) is 0.345. The van der Waals surface area contributed by atoms with Crippen LogP contribution in [0.25, 0.3) is 11.1 Å². The maximum absolute atomic E-state index is 14.8. The third-order valence-corrected chi connectivity index (χ3v) is 6.25. The number of benzene rings is 2. The molecule has 7 nitrogen and oxygen atoms in total. The maximum Gasteiger partial charge on any atom is 0.343 e. The molecule has 0 fully saturated rings. The van der Waals surface area contributed by atoms with E-state index in [-0.39, 0.29) is 6.04 Å². The molecule has 0 radical (unpaired) electrons. The van der Waals surface area contributed by atoms with Crippen LogP contribution in [0.3, 0.4) is 0 Å². The van der Waals surface area contributed by atoms with Gasteiger partial charge in [0.2, 0.25) is 5.88 Å². The highest BCUT2D eigenvalue weighted by molar-refractivity contribution is 5.92. The Labute approximate surface area is 216 Å². The lowest BCUT2D eigenvalue weighted by atomic mass is 9.96. The molecule has 1 aromatic heterocycles. The van der Waals surface area contributed by atoms with Crippen molar-refractivity contribution >= 4 is 11.9 Å². The zero-order valence-electron chi connectivity index (χ0n) is 21.8. The summed E-state index contributed by atoms with van der Waals surface area (Å²) in [5.74, 6) is -1.88. The van der Waals surface area contributed by atoms with Gasteiger partial charge in [0, 0.05) is 24.2 Å². The van der Waals surface area contributed by atoms with E-state index in [0.29, 0.717) is 41.3 Å². The van der Waals surface area contributed by atoms with Crippen LogP contribution in [0.15, 0.2) is 54.7 Å². The average molecular weight is 509 g/mol. The molecule has 0 saturated carbocycles. The number of pyridine rings is 1. The van der Waals surface area contributed by atoms with Crippen molar-refractivity contribution in [3.05, 3.63) is 77.2 Å². The van der Waals surface area contributed by atoms with Crippen LogP contribution in [-0.2, 0) is 17.8 Å². The summed E-state index contributed by atoms with van der Waals surface area (Å²) in [5.41, 5.74) is 2.82. The molecule has 1 unspecified atom stereocenters. The van der Waals surface area contributed by atoms with Gasteiger partial charge in [-0.1, -0.05) is 32.0 Å². The first-order chi connectivity index (χ1) is 17.6. The third kappa shape index (κ3) is 7.13. The second-order valence-electron chi connectivity index (χ2n) is 9.22. The number of carbonyl (C=O) groups is 2. The summed E-state index contributed by atoms with van der Waals surface area (Å²) in [6.07, 6.45) is 1.45. The van der Waals surface area contributed by atoms with Crippen LogP contribution in [0.1, 0.15) is 49.2 Å². The molecule has 0 aliphatic rings. The number of carbonyl (C=O) groups excluding carboxylic acids is 1. The van der Waals surface area contributed by atoms with Gasteiger partial charge in [-0.15, -0.1) is 0 Å². The van der Waals surface area contributed by atoms with E-state index in [4.69, 9.17) is 9.47 Å². The predicted octanol–water partition coefficient (Wildman–Crippen LogP) is 5.61. The number of esters is 1. The van der Waals surface area contributed by atoms with Crippen molar-refractivity contribution in [2.45, 2.75) is 46.7 Å². The van der Waals surface area contributed by atoms with Crippen molar-refractivity contribution in [2.24, 2.45) is 5.92 Å². The second kappa shape index (κ2) is 12.5. The summed E-state index contributed by atoms with van der Waals surface area (Å²) in [5, 5.41) is 9.18. The number of aromatic nitrogens is 1. The molecule has 8 heteroatoms.